The Morgan fingerprint density at radius 2 is 2.12 bits per heavy atom. The van der Waals surface area contributed by atoms with E-state index in [-0.39, 0.29) is 16.7 Å². The Labute approximate surface area is 207 Å². The van der Waals surface area contributed by atoms with Crippen molar-refractivity contribution in [3.63, 3.8) is 0 Å². The number of nitrogens with zero attached hydrogens (tertiary/aromatic N) is 3. The molecule has 7 nitrogen and oxygen atoms in total. The summed E-state index contributed by atoms with van der Waals surface area (Å²) < 4.78 is 35.7. The van der Waals surface area contributed by atoms with Gasteiger partial charge in [0.2, 0.25) is 5.91 Å². The average molecular weight is 567 g/mol. The standard InChI is InChI=1S/C22H20BrN3O4S3/c23-15-8-9-17-19(13-15)32-22(24-17)25(14-16-5-3-11-30-16)21(27)18-6-1-2-10-26(18)33(28,29)20-7-4-12-31-20/h3-5,7-9,11-13,18H,1-2,6,10,14H2. The molecule has 11 heteroatoms. The first-order valence-corrected chi connectivity index (χ1v) is 14.3. The highest BCUT2D eigenvalue weighted by Crippen LogP contribution is 2.34. The van der Waals surface area contributed by atoms with Gasteiger partial charge in [0, 0.05) is 11.0 Å². The Morgan fingerprint density at radius 1 is 1.24 bits per heavy atom. The third kappa shape index (κ3) is 4.52. The van der Waals surface area contributed by atoms with Crippen molar-refractivity contribution < 1.29 is 17.6 Å². The van der Waals surface area contributed by atoms with Crippen LogP contribution in [0.2, 0.25) is 0 Å². The summed E-state index contributed by atoms with van der Waals surface area (Å²) in [6.45, 7) is 0.494. The maximum Gasteiger partial charge on any atom is 0.253 e. The second kappa shape index (κ2) is 9.30. The number of hydrogen-bond acceptors (Lipinski definition) is 7. The number of fused-ring (bicyclic) bond motifs is 1. The third-order valence-corrected chi connectivity index (χ3v) is 10.3. The number of amides is 1. The molecule has 0 N–H and O–H groups in total. The van der Waals surface area contributed by atoms with Gasteiger partial charge in [0.05, 0.1) is 23.0 Å². The van der Waals surface area contributed by atoms with Crippen molar-refractivity contribution in [2.75, 3.05) is 11.4 Å². The summed E-state index contributed by atoms with van der Waals surface area (Å²) >= 11 is 6.04. The molecule has 1 saturated heterocycles. The van der Waals surface area contributed by atoms with E-state index < -0.39 is 16.1 Å². The van der Waals surface area contributed by atoms with Crippen LogP contribution in [-0.4, -0.2) is 36.2 Å². The number of carbonyl (C=O) groups excluding carboxylic acids is 1. The molecule has 3 aromatic heterocycles. The van der Waals surface area contributed by atoms with Gasteiger partial charge in [0.25, 0.3) is 10.0 Å². The maximum absolute atomic E-state index is 13.9. The van der Waals surface area contributed by atoms with Gasteiger partial charge in [0.1, 0.15) is 16.0 Å². The lowest BCUT2D eigenvalue weighted by atomic mass is 10.0. The van der Waals surface area contributed by atoms with Gasteiger partial charge in [-0.05, 0) is 54.6 Å². The number of thiazole rings is 1. The molecule has 0 spiro atoms. The molecule has 1 aromatic carbocycles. The molecule has 33 heavy (non-hydrogen) atoms. The van der Waals surface area contributed by atoms with E-state index in [1.54, 1.807) is 40.8 Å². The largest absolute Gasteiger partial charge is 0.467 e. The van der Waals surface area contributed by atoms with Crippen molar-refractivity contribution in [2.45, 2.75) is 36.1 Å². The Kier molecular flexibility index (Phi) is 6.41. The molecule has 4 heterocycles. The smallest absolute Gasteiger partial charge is 0.253 e. The van der Waals surface area contributed by atoms with Crippen LogP contribution in [0.1, 0.15) is 25.0 Å². The number of halogens is 1. The van der Waals surface area contributed by atoms with Crippen molar-refractivity contribution >= 4 is 69.9 Å². The van der Waals surface area contributed by atoms with Crippen LogP contribution in [-0.2, 0) is 21.4 Å². The molecule has 4 aromatic rings. The van der Waals surface area contributed by atoms with Gasteiger partial charge in [-0.2, -0.15) is 4.31 Å². The quantitative estimate of drug-likeness (QED) is 0.308. The lowest BCUT2D eigenvalue weighted by Gasteiger charge is -2.35. The zero-order chi connectivity index (χ0) is 23.0. The first-order valence-electron chi connectivity index (χ1n) is 10.4. The lowest BCUT2D eigenvalue weighted by molar-refractivity contribution is -0.123. The van der Waals surface area contributed by atoms with E-state index in [9.17, 15) is 13.2 Å². The molecule has 0 radical (unpaired) electrons. The fraction of sp³-hybridized carbons (Fsp3) is 0.273. The second-order valence-corrected chi connectivity index (χ2v) is 12.7. The van der Waals surface area contributed by atoms with Crippen LogP contribution in [0.15, 0.2) is 67.2 Å². The number of furan rings is 1. The highest BCUT2D eigenvalue weighted by molar-refractivity contribution is 9.10. The maximum atomic E-state index is 13.9. The number of hydrogen-bond donors (Lipinski definition) is 0. The van der Waals surface area contributed by atoms with E-state index in [0.29, 0.717) is 23.9 Å². The first kappa shape index (κ1) is 22.7. The van der Waals surface area contributed by atoms with E-state index in [0.717, 1.165) is 27.5 Å². The molecule has 0 aliphatic carbocycles. The zero-order valence-corrected chi connectivity index (χ0v) is 21.4. The molecule has 1 amide bonds. The number of anilines is 1. The topological polar surface area (TPSA) is 83.7 Å². The van der Waals surface area contributed by atoms with E-state index in [1.807, 2.05) is 18.2 Å². The summed E-state index contributed by atoms with van der Waals surface area (Å²) in [4.78, 5) is 20.2. The monoisotopic (exact) mass is 565 g/mol. The number of piperidine rings is 1. The normalized spacial score (nSPS) is 17.4. The zero-order valence-electron chi connectivity index (χ0n) is 17.4. The molecule has 1 unspecified atom stereocenters. The van der Waals surface area contributed by atoms with Crippen LogP contribution in [0.5, 0.6) is 0 Å². The molecule has 1 atom stereocenters. The average Bonchev–Trinajstić information content (AvgIpc) is 3.58. The molecular weight excluding hydrogens is 546 g/mol. The van der Waals surface area contributed by atoms with E-state index in [4.69, 9.17) is 4.42 Å². The summed E-state index contributed by atoms with van der Waals surface area (Å²) in [7, 11) is -3.76. The lowest BCUT2D eigenvalue weighted by Crippen LogP contribution is -2.52. The molecule has 1 aliphatic rings. The highest BCUT2D eigenvalue weighted by Gasteiger charge is 2.41. The van der Waals surface area contributed by atoms with Gasteiger partial charge in [0.15, 0.2) is 5.13 Å². The number of thiophene rings is 1. The number of aromatic nitrogens is 1. The van der Waals surface area contributed by atoms with Gasteiger partial charge in [-0.15, -0.1) is 11.3 Å². The minimum atomic E-state index is -3.76. The highest BCUT2D eigenvalue weighted by atomic mass is 79.9. The van der Waals surface area contributed by atoms with Crippen LogP contribution < -0.4 is 4.90 Å². The van der Waals surface area contributed by atoms with Crippen LogP contribution in [0, 0.1) is 0 Å². The SMILES string of the molecule is O=C(C1CCCCN1S(=O)(=O)c1cccs1)N(Cc1ccco1)c1nc2ccc(Br)cc2s1. The van der Waals surface area contributed by atoms with Crippen molar-refractivity contribution in [3.8, 4) is 0 Å². The van der Waals surface area contributed by atoms with Crippen LogP contribution in [0.25, 0.3) is 10.2 Å². The fourth-order valence-electron chi connectivity index (χ4n) is 3.95. The van der Waals surface area contributed by atoms with Gasteiger partial charge in [-0.25, -0.2) is 13.4 Å². The molecule has 0 bridgehead atoms. The van der Waals surface area contributed by atoms with Gasteiger partial charge >= 0.3 is 0 Å². The molecule has 5 rings (SSSR count). The minimum Gasteiger partial charge on any atom is -0.467 e. The number of carbonyl (C=O) groups is 1. The van der Waals surface area contributed by atoms with E-state index in [1.165, 1.54) is 27.0 Å². The van der Waals surface area contributed by atoms with Crippen molar-refractivity contribution in [1.82, 2.24) is 9.29 Å². The van der Waals surface area contributed by atoms with E-state index in [2.05, 4.69) is 20.9 Å². The first-order chi connectivity index (χ1) is 15.9. The number of rotatable bonds is 6. The summed E-state index contributed by atoms with van der Waals surface area (Å²) in [6.07, 6.45) is 3.53. The molecule has 0 saturated carbocycles. The number of benzene rings is 1. The Hall–Kier alpha value is -2.05. The van der Waals surface area contributed by atoms with Crippen LogP contribution in [0.4, 0.5) is 5.13 Å². The predicted octanol–water partition coefficient (Wildman–Crippen LogP) is 5.49. The fourth-order valence-corrected chi connectivity index (χ4v) is 8.24. The van der Waals surface area contributed by atoms with Gasteiger partial charge in [-0.3, -0.25) is 9.69 Å². The molecule has 1 fully saturated rings. The Bertz CT molecular complexity index is 1370. The van der Waals surface area contributed by atoms with Crippen molar-refractivity contribution in [2.24, 2.45) is 0 Å². The third-order valence-electron chi connectivity index (χ3n) is 5.53. The summed E-state index contributed by atoms with van der Waals surface area (Å²) in [5.74, 6) is 0.316. The summed E-state index contributed by atoms with van der Waals surface area (Å²) in [6, 6.07) is 11.8. The van der Waals surface area contributed by atoms with Crippen molar-refractivity contribution in [1.29, 1.82) is 0 Å². The predicted molar refractivity (Wildman–Crippen MR) is 133 cm³/mol. The summed E-state index contributed by atoms with van der Waals surface area (Å²) in [5, 5.41) is 2.25. The second-order valence-electron chi connectivity index (χ2n) is 7.67. The van der Waals surface area contributed by atoms with Gasteiger partial charge < -0.3 is 4.42 Å². The van der Waals surface area contributed by atoms with Crippen molar-refractivity contribution in [3.05, 3.63) is 64.3 Å². The Morgan fingerprint density at radius 3 is 2.88 bits per heavy atom. The van der Waals surface area contributed by atoms with Crippen LogP contribution in [0.3, 0.4) is 0 Å². The molecular formula is C22H20BrN3O4S3. The van der Waals surface area contributed by atoms with Gasteiger partial charge in [-0.1, -0.05) is 39.8 Å². The summed E-state index contributed by atoms with van der Waals surface area (Å²) in [5.41, 5.74) is 0.780. The molecule has 172 valence electrons. The molecule has 1 aliphatic heterocycles. The Balaban J connectivity index is 1.53. The minimum absolute atomic E-state index is 0.177. The van der Waals surface area contributed by atoms with E-state index >= 15 is 0 Å². The van der Waals surface area contributed by atoms with Crippen LogP contribution >= 0.6 is 38.6 Å². The number of sulfonamides is 1.